The number of methoxy groups -OCH3 is 1. The average molecular weight is 538 g/mol. The van der Waals surface area contributed by atoms with Gasteiger partial charge in [-0.05, 0) is 29.0 Å². The highest BCUT2D eigenvalue weighted by Crippen LogP contribution is 2.40. The summed E-state index contributed by atoms with van der Waals surface area (Å²) >= 11 is 0. The molecule has 0 aliphatic carbocycles. The molecule has 0 saturated carbocycles. The van der Waals surface area contributed by atoms with Gasteiger partial charge < -0.3 is 4.74 Å². The van der Waals surface area contributed by atoms with E-state index in [9.17, 15) is 18.0 Å². The number of hydrogen-bond acceptors (Lipinski definition) is 5. The van der Waals surface area contributed by atoms with E-state index in [2.05, 4.69) is 21.9 Å². The Kier molecular flexibility index (Phi) is 7.08. The van der Waals surface area contributed by atoms with Gasteiger partial charge in [0, 0.05) is 29.5 Å². The lowest BCUT2D eigenvalue weighted by atomic mass is 9.84. The fourth-order valence-electron chi connectivity index (χ4n) is 4.33. The molecule has 0 bridgehead atoms. The zero-order chi connectivity index (χ0) is 27.8. The van der Waals surface area contributed by atoms with E-state index < -0.39 is 33.2 Å². The number of carbonyl (C=O) groups excluding carboxylic acids is 2. The summed E-state index contributed by atoms with van der Waals surface area (Å²) in [6.45, 7) is 5.84. The number of hydrogen-bond donors (Lipinski definition) is 2. The number of urea groups is 1. The molecule has 0 radical (unpaired) electrons. The third-order valence-electron chi connectivity index (χ3n) is 6.10. The number of carbonyl (C=O) groups is 2. The summed E-state index contributed by atoms with van der Waals surface area (Å²) in [4.78, 5) is 25.4. The molecule has 198 valence electrons. The first-order valence-corrected chi connectivity index (χ1v) is 13.7. The van der Waals surface area contributed by atoms with Gasteiger partial charge in [-0.3, -0.25) is 19.7 Å². The zero-order valence-electron chi connectivity index (χ0n) is 21.7. The van der Waals surface area contributed by atoms with E-state index in [0.717, 1.165) is 6.26 Å². The molecular formula is C28H28FN3O5S. The van der Waals surface area contributed by atoms with Gasteiger partial charge in [-0.25, -0.2) is 17.6 Å². The van der Waals surface area contributed by atoms with Crippen LogP contribution < -0.4 is 19.7 Å². The molecular weight excluding hydrogens is 509 g/mol. The molecule has 0 aromatic heterocycles. The maximum absolute atomic E-state index is 16.0. The van der Waals surface area contributed by atoms with Crippen LogP contribution in [0, 0.1) is 17.7 Å². The van der Waals surface area contributed by atoms with Gasteiger partial charge in [0.25, 0.3) is 0 Å². The van der Waals surface area contributed by atoms with Crippen LogP contribution in [-0.4, -0.2) is 40.3 Å². The van der Waals surface area contributed by atoms with Crippen LogP contribution in [0.2, 0.25) is 0 Å². The molecule has 3 aromatic carbocycles. The van der Waals surface area contributed by atoms with Crippen molar-refractivity contribution < 1.29 is 27.1 Å². The van der Waals surface area contributed by atoms with Gasteiger partial charge in [-0.2, -0.15) is 0 Å². The van der Waals surface area contributed by atoms with Crippen molar-refractivity contribution >= 4 is 44.1 Å². The molecule has 1 aliphatic heterocycles. The van der Waals surface area contributed by atoms with Gasteiger partial charge in [0.1, 0.15) is 11.3 Å². The van der Waals surface area contributed by atoms with Crippen LogP contribution in [0.4, 0.5) is 20.6 Å². The minimum atomic E-state index is -3.50. The maximum Gasteiger partial charge on any atom is 0.328 e. The second-order valence-corrected chi connectivity index (χ2v) is 11.7. The third-order valence-corrected chi connectivity index (χ3v) is 6.69. The normalized spacial score (nSPS) is 14.1. The first-order valence-electron chi connectivity index (χ1n) is 11.8. The molecule has 1 saturated heterocycles. The lowest BCUT2D eigenvalue weighted by molar-refractivity contribution is -0.120. The van der Waals surface area contributed by atoms with Crippen molar-refractivity contribution in [3.05, 3.63) is 65.0 Å². The highest BCUT2D eigenvalue weighted by atomic mass is 32.2. The summed E-state index contributed by atoms with van der Waals surface area (Å²) in [6, 6.07) is 11.3. The number of benzene rings is 3. The number of anilines is 2. The molecule has 0 spiro atoms. The molecule has 1 heterocycles. The monoisotopic (exact) mass is 537 g/mol. The minimum absolute atomic E-state index is 0.00239. The summed E-state index contributed by atoms with van der Waals surface area (Å²) in [7, 11) is -2.07. The van der Waals surface area contributed by atoms with E-state index in [4.69, 9.17) is 4.74 Å². The number of halogens is 1. The van der Waals surface area contributed by atoms with Crippen molar-refractivity contribution in [2.24, 2.45) is 0 Å². The summed E-state index contributed by atoms with van der Waals surface area (Å²) in [5, 5.41) is 3.54. The molecule has 1 fully saturated rings. The van der Waals surface area contributed by atoms with E-state index in [1.807, 2.05) is 20.8 Å². The van der Waals surface area contributed by atoms with E-state index in [0.29, 0.717) is 27.6 Å². The smallest absolute Gasteiger partial charge is 0.328 e. The van der Waals surface area contributed by atoms with E-state index >= 15 is 4.39 Å². The van der Waals surface area contributed by atoms with E-state index in [1.165, 1.54) is 12.0 Å². The molecule has 4 rings (SSSR count). The highest BCUT2D eigenvalue weighted by molar-refractivity contribution is 7.92. The molecule has 38 heavy (non-hydrogen) atoms. The van der Waals surface area contributed by atoms with Crippen molar-refractivity contribution in [3.8, 4) is 17.6 Å². The molecule has 3 amide bonds. The fourth-order valence-corrected chi connectivity index (χ4v) is 4.90. The lowest BCUT2D eigenvalue weighted by Gasteiger charge is -2.30. The van der Waals surface area contributed by atoms with Crippen LogP contribution in [-0.2, 0) is 20.2 Å². The van der Waals surface area contributed by atoms with Crippen LogP contribution in [0.1, 0.15) is 43.9 Å². The summed E-state index contributed by atoms with van der Waals surface area (Å²) in [6.07, 6.45) is 1.12. The van der Waals surface area contributed by atoms with Crippen molar-refractivity contribution in [2.45, 2.75) is 32.6 Å². The molecule has 8 nitrogen and oxygen atoms in total. The van der Waals surface area contributed by atoms with Crippen molar-refractivity contribution in [3.63, 3.8) is 0 Å². The zero-order valence-corrected chi connectivity index (χ0v) is 22.5. The topological polar surface area (TPSA) is 105 Å². The number of rotatable bonds is 4. The fraction of sp³-hybridized carbons (Fsp3) is 0.286. The molecule has 0 atom stereocenters. The second-order valence-electron chi connectivity index (χ2n) is 10.0. The third kappa shape index (κ3) is 5.43. The highest BCUT2D eigenvalue weighted by Gasteiger charge is 2.32. The van der Waals surface area contributed by atoms with Gasteiger partial charge in [0.05, 0.1) is 24.7 Å². The van der Waals surface area contributed by atoms with Crippen LogP contribution >= 0.6 is 0 Å². The lowest BCUT2D eigenvalue weighted by Crippen LogP contribution is -2.50. The van der Waals surface area contributed by atoms with Crippen LogP contribution in [0.25, 0.3) is 10.8 Å². The Morgan fingerprint density at radius 2 is 1.76 bits per heavy atom. The largest absolute Gasteiger partial charge is 0.495 e. The number of fused-ring (bicyclic) bond motifs is 1. The molecule has 10 heteroatoms. The molecule has 0 unspecified atom stereocenters. The van der Waals surface area contributed by atoms with E-state index in [1.54, 1.807) is 42.5 Å². The quantitative estimate of drug-likeness (QED) is 0.477. The Labute approximate surface area is 221 Å². The maximum atomic E-state index is 16.0. The number of amides is 3. The Morgan fingerprint density at radius 3 is 2.37 bits per heavy atom. The van der Waals surface area contributed by atoms with Crippen molar-refractivity contribution in [1.82, 2.24) is 5.32 Å². The second kappa shape index (κ2) is 9.99. The predicted molar refractivity (Wildman–Crippen MR) is 146 cm³/mol. The van der Waals surface area contributed by atoms with Crippen LogP contribution in [0.3, 0.4) is 0 Å². The first kappa shape index (κ1) is 26.9. The number of nitrogens with one attached hydrogen (secondary N) is 2. The van der Waals surface area contributed by atoms with Gasteiger partial charge in [0.2, 0.25) is 15.9 Å². The summed E-state index contributed by atoms with van der Waals surface area (Å²) in [5.41, 5.74) is 1.08. The number of nitrogens with zero attached hydrogens (tertiary/aromatic N) is 1. The van der Waals surface area contributed by atoms with Crippen molar-refractivity contribution in [2.75, 3.05) is 29.5 Å². The minimum Gasteiger partial charge on any atom is -0.495 e. The Balaban J connectivity index is 1.92. The summed E-state index contributed by atoms with van der Waals surface area (Å²) in [5.74, 6) is 5.01. The molecule has 3 aromatic rings. The standard InChI is InChI=1S/C28H28FN3O5S/c1-28(2,3)21-16-23(32-15-14-24(33)30-27(32)34)25(29)20(26(21)37-4)12-10-17-11-13-22(31-38(5,35)36)19-9-7-6-8-18(17)19/h6-9,11,13,16,31H,14-15H2,1-5H3,(H,30,33,34). The van der Waals surface area contributed by atoms with Crippen molar-refractivity contribution in [1.29, 1.82) is 0 Å². The first-order chi connectivity index (χ1) is 17.8. The summed E-state index contributed by atoms with van der Waals surface area (Å²) < 4.78 is 47.8. The van der Waals surface area contributed by atoms with Crippen LogP contribution in [0.5, 0.6) is 5.75 Å². The Bertz CT molecular complexity index is 1630. The Hall–Kier alpha value is -4.10. The van der Waals surface area contributed by atoms with Gasteiger partial charge in [0.15, 0.2) is 5.82 Å². The van der Waals surface area contributed by atoms with Gasteiger partial charge in [-0.1, -0.05) is 56.9 Å². The average Bonchev–Trinajstić information content (AvgIpc) is 2.83. The Morgan fingerprint density at radius 1 is 1.08 bits per heavy atom. The van der Waals surface area contributed by atoms with Gasteiger partial charge >= 0.3 is 6.03 Å². The van der Waals surface area contributed by atoms with Gasteiger partial charge in [-0.15, -0.1) is 0 Å². The number of imide groups is 1. The molecule has 1 aliphatic rings. The SMILES string of the molecule is COc1c(C(C)(C)C)cc(N2CCC(=O)NC2=O)c(F)c1C#Cc1ccc(NS(C)(=O)=O)c2ccccc12. The molecule has 2 N–H and O–H groups in total. The van der Waals surface area contributed by atoms with E-state index in [-0.39, 0.29) is 30.0 Å². The number of ether oxygens (including phenoxy) is 1. The number of sulfonamides is 1. The predicted octanol–water partition coefficient (Wildman–Crippen LogP) is 4.50. The van der Waals surface area contributed by atoms with Crippen LogP contribution in [0.15, 0.2) is 42.5 Å².